The normalized spacial score (nSPS) is 27.6. The minimum atomic E-state index is -3.72. The summed E-state index contributed by atoms with van der Waals surface area (Å²) in [6.45, 7) is 16.3. The average Bonchev–Trinajstić information content (AvgIpc) is 3.38. The summed E-state index contributed by atoms with van der Waals surface area (Å²) in [6, 6.07) is 18.4. The minimum absolute atomic E-state index is 0. The molecule has 0 radical (unpaired) electrons. The van der Waals surface area contributed by atoms with Crippen LogP contribution in [0.25, 0.3) is 0 Å². The molecule has 2 aromatic rings. The van der Waals surface area contributed by atoms with E-state index in [0.29, 0.717) is 78.4 Å². The van der Waals surface area contributed by atoms with Crippen LogP contribution in [0, 0.1) is 52.8 Å². The Morgan fingerprint density at radius 3 is 1.20 bits per heavy atom. The zero-order chi connectivity index (χ0) is 58.7. The van der Waals surface area contributed by atoms with Crippen LogP contribution < -0.4 is 34.8 Å². The van der Waals surface area contributed by atoms with Gasteiger partial charge in [-0.1, -0.05) is 65.8 Å². The quantitative estimate of drug-likeness (QED) is 0.0602. The first kappa shape index (κ1) is 70.0. The van der Waals surface area contributed by atoms with Gasteiger partial charge in [0.05, 0.1) is 43.5 Å². The summed E-state index contributed by atoms with van der Waals surface area (Å²) in [7, 11) is -5.96. The Kier molecular flexibility index (Phi) is 26.3. The molecule has 24 heteroatoms. The Morgan fingerprint density at radius 1 is 0.637 bits per heavy atom. The third kappa shape index (κ3) is 21.0. The van der Waals surface area contributed by atoms with Crippen molar-refractivity contribution in [2.45, 2.75) is 139 Å². The molecule has 10 fully saturated rings. The van der Waals surface area contributed by atoms with E-state index in [2.05, 4.69) is 99.1 Å². The van der Waals surface area contributed by atoms with Crippen LogP contribution in [0.3, 0.4) is 0 Å². The molecule has 8 aliphatic carbocycles. The van der Waals surface area contributed by atoms with E-state index >= 15 is 0 Å². The summed E-state index contributed by atoms with van der Waals surface area (Å²) in [6.07, 6.45) is 5.72. The molecule has 2 aliphatic heterocycles. The van der Waals surface area contributed by atoms with Crippen molar-refractivity contribution < 1.29 is 116 Å². The molecule has 8 saturated carbocycles. The fourth-order valence-electron chi connectivity index (χ4n) is 12.4. The van der Waals surface area contributed by atoms with Crippen LogP contribution in [0.15, 0.2) is 58.3 Å². The maximum absolute atomic E-state index is 12.8. The number of benzene rings is 2. The van der Waals surface area contributed by atoms with Crippen molar-refractivity contribution in [1.29, 1.82) is 0 Å². The van der Waals surface area contributed by atoms with Crippen molar-refractivity contribution in [2.75, 3.05) is 68.9 Å². The second-order valence-corrected chi connectivity index (χ2v) is 30.7. The van der Waals surface area contributed by atoms with Gasteiger partial charge in [0, 0.05) is 65.4 Å². The summed E-state index contributed by atoms with van der Waals surface area (Å²) < 4.78 is 117. The maximum atomic E-state index is 12.8. The van der Waals surface area contributed by atoms with Gasteiger partial charge in [0.2, 0.25) is 0 Å². The molecule has 2 aromatic carbocycles. The second-order valence-electron chi connectivity index (χ2n) is 24.2. The number of hydrogen-bond acceptors (Lipinski definition) is 15. The molecule has 8 bridgehead atoms. The van der Waals surface area contributed by atoms with E-state index in [-0.39, 0.29) is 75.6 Å². The van der Waals surface area contributed by atoms with Gasteiger partial charge >= 0.3 is 52.1 Å². The monoisotopic (exact) mass is 1220 g/mol. The molecule has 0 spiro atoms. The third-order valence-electron chi connectivity index (χ3n) is 15.8. The van der Waals surface area contributed by atoms with Gasteiger partial charge in [-0.15, -0.1) is 12.6 Å². The SMILES string of the molecule is CC(C)(C)c1ccc([S+]2CCOCC2)cc1.CC(C)(C)c1ccc([S+]2CCOCC2)cc1.CC(F)(F)COC(=O)C12CC3CC(C1)C(=O)C(C3)C2.CS(=O)(=O)O[O-].O=C1C2CC3CC1CC(C(=O)OC[C-](F)F)(C3)C2.O=S(=O)=O.[Na+]. The number of carbonyl (C=O) groups is 4. The summed E-state index contributed by atoms with van der Waals surface area (Å²) in [5.41, 5.74) is 2.06. The van der Waals surface area contributed by atoms with Gasteiger partial charge in [-0.05, 0) is 122 Å². The number of carbonyl (C=O) groups excluding carboxylic acids is 4. The largest absolute Gasteiger partial charge is 1.00 e. The van der Waals surface area contributed by atoms with E-state index in [1.807, 2.05) is 0 Å². The Balaban J connectivity index is 0.000000217. The number of hydrogen-bond donors (Lipinski definition) is 0. The standard InChI is InChI=1S/C14H18F2O3.2C14H21OS.C13H15F2O3.CH4O4S.Na.O3S/c1-13(15,16)7-19-12(18)14-4-8-2-9(5-14)11(17)10(3-8)6-14;2*1-14(2,3)12-4-6-13(7-5-12)16-10-8-15-9-11-16;14-10(15)6-18-12(17)13-3-7-1-8(4-13)11(16)9(2-7)5-13;1-6(3,4)5-2;;1-4(2)3/h8-10H,2-7H2,1H3;2*4-7H,8-11H2,1-3H3;7-9H,1-6H2;2H,1H3;;/q;2*+1;-1;;+1;/p-1. The van der Waals surface area contributed by atoms with Crippen molar-refractivity contribution >= 4 is 66.0 Å². The van der Waals surface area contributed by atoms with E-state index < -0.39 is 69.1 Å². The maximum Gasteiger partial charge on any atom is 1.00 e. The predicted molar refractivity (Wildman–Crippen MR) is 288 cm³/mol. The molecule has 0 amide bonds. The molecule has 4 unspecified atom stereocenters. The van der Waals surface area contributed by atoms with Gasteiger partial charge in [0.1, 0.15) is 34.6 Å². The van der Waals surface area contributed by atoms with Gasteiger partial charge in [-0.25, -0.2) is 17.2 Å². The van der Waals surface area contributed by atoms with Crippen molar-refractivity contribution in [3.05, 3.63) is 66.1 Å². The first-order chi connectivity index (χ1) is 36.7. The molecular weight excluding hydrogens is 1140 g/mol. The molecule has 444 valence electrons. The van der Waals surface area contributed by atoms with Crippen molar-refractivity contribution in [3.8, 4) is 0 Å². The van der Waals surface area contributed by atoms with E-state index in [9.17, 15) is 45.2 Å². The summed E-state index contributed by atoms with van der Waals surface area (Å²) >= 11 is 0. The number of Topliss-reactive ketones (excluding diaryl/α,β-unsaturated/α-hetero) is 2. The molecule has 2 saturated heterocycles. The Bertz CT molecular complexity index is 2480. The molecule has 15 nitrogen and oxygen atoms in total. The molecule has 0 aromatic heterocycles. The second kappa shape index (κ2) is 30.1. The Hall–Kier alpha value is -2.45. The number of ketones is 2. The van der Waals surface area contributed by atoms with Crippen molar-refractivity contribution in [1.82, 2.24) is 0 Å². The molecule has 80 heavy (non-hydrogen) atoms. The fourth-order valence-corrected chi connectivity index (χ4v) is 16.1. The van der Waals surface area contributed by atoms with Gasteiger partial charge in [0.15, 0.2) is 16.4 Å². The Morgan fingerprint density at radius 2 is 0.938 bits per heavy atom. The summed E-state index contributed by atoms with van der Waals surface area (Å²) in [5.74, 6) is 1.96. The molecular formula is C56H78F4NaO15S4+. The topological polar surface area (TPSA) is 223 Å². The van der Waals surface area contributed by atoms with Crippen LogP contribution in [0.5, 0.6) is 0 Å². The minimum Gasteiger partial charge on any atom is -0.707 e. The van der Waals surface area contributed by atoms with Gasteiger partial charge in [-0.3, -0.25) is 19.2 Å². The van der Waals surface area contributed by atoms with E-state index in [0.717, 1.165) is 59.0 Å². The zero-order valence-electron chi connectivity index (χ0n) is 47.5. The van der Waals surface area contributed by atoms with Gasteiger partial charge < -0.3 is 37.3 Å². The van der Waals surface area contributed by atoms with E-state index in [1.54, 1.807) is 0 Å². The molecule has 2 heterocycles. The van der Waals surface area contributed by atoms with Crippen LogP contribution in [0.1, 0.15) is 124 Å². The van der Waals surface area contributed by atoms with Crippen LogP contribution >= 0.6 is 0 Å². The third-order valence-corrected chi connectivity index (χ3v) is 20.5. The van der Waals surface area contributed by atoms with Crippen molar-refractivity contribution in [2.24, 2.45) is 46.3 Å². The number of alkyl halides is 2. The van der Waals surface area contributed by atoms with E-state index in [4.69, 9.17) is 32.1 Å². The number of rotatable bonds is 9. The summed E-state index contributed by atoms with van der Waals surface area (Å²) in [5, 5.41) is 8.86. The number of halogens is 4. The molecule has 12 rings (SSSR count). The van der Waals surface area contributed by atoms with Crippen LogP contribution in [-0.2, 0) is 95.8 Å². The average molecular weight is 1220 g/mol. The first-order valence-corrected chi connectivity index (χ1v) is 32.6. The van der Waals surface area contributed by atoms with Gasteiger partial charge in [-0.2, -0.15) is 0 Å². The van der Waals surface area contributed by atoms with Crippen LogP contribution in [-0.4, -0.2) is 119 Å². The predicted octanol–water partition coefficient (Wildman–Crippen LogP) is 5.15. The smallest absolute Gasteiger partial charge is 0.707 e. The molecule has 0 N–H and O–H groups in total. The fraction of sp³-hybridized carbons (Fsp3) is 0.696. The van der Waals surface area contributed by atoms with Crippen LogP contribution in [0.4, 0.5) is 17.6 Å². The molecule has 4 atom stereocenters. The van der Waals surface area contributed by atoms with E-state index in [1.165, 1.54) is 43.9 Å². The summed E-state index contributed by atoms with van der Waals surface area (Å²) in [4.78, 5) is 51.1. The first-order valence-electron chi connectivity index (χ1n) is 26.7. The zero-order valence-corrected chi connectivity index (χ0v) is 52.8. The van der Waals surface area contributed by atoms with Gasteiger partial charge in [0.25, 0.3) is 16.0 Å². The number of esters is 2. The van der Waals surface area contributed by atoms with Crippen molar-refractivity contribution in [3.63, 3.8) is 0 Å². The van der Waals surface area contributed by atoms with Crippen LogP contribution in [0.2, 0.25) is 0 Å². The Labute approximate surface area is 498 Å². The number of ether oxygens (including phenoxy) is 4. The molecule has 10 aliphatic rings.